The van der Waals surface area contributed by atoms with Gasteiger partial charge >= 0.3 is 0 Å². The van der Waals surface area contributed by atoms with Gasteiger partial charge in [-0.05, 0) is 48.6 Å². The first-order valence-electron chi connectivity index (χ1n) is 8.07. The maximum Gasteiger partial charge on any atom is 0.180 e. The van der Waals surface area contributed by atoms with Gasteiger partial charge in [-0.25, -0.2) is 0 Å². The van der Waals surface area contributed by atoms with Gasteiger partial charge in [-0.3, -0.25) is 0 Å². The third-order valence-electron chi connectivity index (χ3n) is 3.82. The zero-order chi connectivity index (χ0) is 17.5. The van der Waals surface area contributed by atoms with Crippen molar-refractivity contribution in [1.29, 1.82) is 0 Å². The monoisotopic (exact) mass is 349 g/mol. The molecule has 0 saturated heterocycles. The van der Waals surface area contributed by atoms with Crippen molar-refractivity contribution in [3.8, 4) is 11.1 Å². The minimum absolute atomic E-state index is 0.257. The Labute approximate surface area is 147 Å². The molecule has 0 bridgehead atoms. The first kappa shape index (κ1) is 18.9. The van der Waals surface area contributed by atoms with Crippen molar-refractivity contribution < 1.29 is 14.9 Å². The van der Waals surface area contributed by atoms with Gasteiger partial charge in [0, 0.05) is 17.7 Å². The number of benzene rings is 2. The molecule has 0 spiro atoms. The lowest BCUT2D eigenvalue weighted by atomic mass is 9.98. The second-order valence-electron chi connectivity index (χ2n) is 5.82. The summed E-state index contributed by atoms with van der Waals surface area (Å²) in [6.45, 7) is 2.11. The molecule has 4 N–H and O–H groups in total. The van der Waals surface area contributed by atoms with Crippen LogP contribution in [0.2, 0.25) is 5.02 Å². The molecule has 24 heavy (non-hydrogen) atoms. The van der Waals surface area contributed by atoms with E-state index in [1.807, 2.05) is 48.5 Å². The van der Waals surface area contributed by atoms with Crippen LogP contribution in [0, 0.1) is 0 Å². The van der Waals surface area contributed by atoms with Gasteiger partial charge in [0.2, 0.25) is 0 Å². The molecular weight excluding hydrogens is 326 g/mol. The first-order valence-corrected chi connectivity index (χ1v) is 8.45. The molecule has 2 rings (SSSR count). The van der Waals surface area contributed by atoms with Crippen molar-refractivity contribution >= 4 is 11.6 Å². The van der Waals surface area contributed by atoms with Crippen molar-refractivity contribution in [1.82, 2.24) is 0 Å². The van der Waals surface area contributed by atoms with E-state index >= 15 is 0 Å². The molecule has 2 aromatic rings. The summed E-state index contributed by atoms with van der Waals surface area (Å²) in [6.07, 6.45) is -1.28. The topological polar surface area (TPSA) is 75.7 Å². The molecule has 0 aliphatic rings. The van der Waals surface area contributed by atoms with Crippen LogP contribution in [-0.4, -0.2) is 35.3 Å². The Hall–Kier alpha value is -1.43. The van der Waals surface area contributed by atoms with E-state index < -0.39 is 12.4 Å². The molecule has 0 aliphatic heterocycles. The molecule has 3 atom stereocenters. The predicted molar refractivity (Wildman–Crippen MR) is 96.8 cm³/mol. The molecule has 0 saturated carbocycles. The zero-order valence-corrected chi connectivity index (χ0v) is 14.5. The highest BCUT2D eigenvalue weighted by Gasteiger charge is 2.19. The Balaban J connectivity index is 1.94. The molecule has 0 amide bonds. The van der Waals surface area contributed by atoms with Crippen LogP contribution in [0.25, 0.3) is 11.1 Å². The maximum atomic E-state index is 9.85. The largest absolute Gasteiger partial charge is 0.388 e. The third kappa shape index (κ3) is 5.58. The van der Waals surface area contributed by atoms with Crippen molar-refractivity contribution in [2.75, 3.05) is 6.61 Å². The molecule has 0 radical (unpaired) electrons. The smallest absolute Gasteiger partial charge is 0.180 e. The lowest BCUT2D eigenvalue weighted by molar-refractivity contribution is -0.161. The Kier molecular flexibility index (Phi) is 7.21. The molecule has 5 heteroatoms. The number of hydrogen-bond donors (Lipinski definition) is 3. The Morgan fingerprint density at radius 3 is 2.42 bits per heavy atom. The quantitative estimate of drug-likeness (QED) is 0.640. The van der Waals surface area contributed by atoms with Gasteiger partial charge in [-0.1, -0.05) is 48.0 Å². The number of aliphatic hydroxyl groups excluding tert-OH is 2. The van der Waals surface area contributed by atoms with Crippen LogP contribution >= 0.6 is 11.6 Å². The van der Waals surface area contributed by atoms with Crippen LogP contribution < -0.4 is 5.73 Å². The molecule has 1 unspecified atom stereocenters. The van der Waals surface area contributed by atoms with Crippen molar-refractivity contribution in [3.05, 3.63) is 59.1 Å². The number of rotatable bonds is 8. The van der Waals surface area contributed by atoms with Gasteiger partial charge in [-0.15, -0.1) is 0 Å². The van der Waals surface area contributed by atoms with Gasteiger partial charge in [0.1, 0.15) is 6.10 Å². The summed E-state index contributed by atoms with van der Waals surface area (Å²) in [4.78, 5) is 0. The average Bonchev–Trinajstić information content (AvgIpc) is 2.55. The summed E-state index contributed by atoms with van der Waals surface area (Å²) >= 11 is 6.02. The highest BCUT2D eigenvalue weighted by molar-refractivity contribution is 6.30. The maximum absolute atomic E-state index is 9.85. The van der Waals surface area contributed by atoms with E-state index in [0.29, 0.717) is 18.1 Å². The molecule has 0 aromatic heterocycles. The van der Waals surface area contributed by atoms with Gasteiger partial charge in [0.25, 0.3) is 0 Å². The second kappa shape index (κ2) is 9.16. The minimum Gasteiger partial charge on any atom is -0.388 e. The fourth-order valence-corrected chi connectivity index (χ4v) is 2.79. The minimum atomic E-state index is -1.19. The molecule has 0 fully saturated rings. The number of nitrogens with two attached hydrogens (primary N) is 1. The normalized spacial score (nSPS) is 15.0. The van der Waals surface area contributed by atoms with Gasteiger partial charge in [0.15, 0.2) is 6.29 Å². The standard InChI is InChI=1S/C19H24ClNO3/c1-2-24-19(23)18(22)12-17(21)10-13-6-8-14(9-7-13)15-4-3-5-16(20)11-15/h3-9,11,17-19,22-23H,2,10,12,21H2,1H3/t17-,18-,19?/m1/s1. The van der Waals surface area contributed by atoms with Gasteiger partial charge < -0.3 is 20.7 Å². The molecule has 0 aliphatic carbocycles. The summed E-state index contributed by atoms with van der Waals surface area (Å²) in [6, 6.07) is 15.5. The summed E-state index contributed by atoms with van der Waals surface area (Å²) in [5, 5.41) is 20.1. The van der Waals surface area contributed by atoms with E-state index in [1.165, 1.54) is 0 Å². The average molecular weight is 350 g/mol. The molecular formula is C19H24ClNO3. The summed E-state index contributed by atoms with van der Waals surface area (Å²) in [5.41, 5.74) is 9.29. The molecule has 4 nitrogen and oxygen atoms in total. The van der Waals surface area contributed by atoms with Crippen molar-refractivity contribution in [2.45, 2.75) is 38.2 Å². The molecule has 130 valence electrons. The lowest BCUT2D eigenvalue weighted by Crippen LogP contribution is -2.36. The summed E-state index contributed by atoms with van der Waals surface area (Å²) in [7, 11) is 0. The number of halogens is 1. The highest BCUT2D eigenvalue weighted by atomic mass is 35.5. The fraction of sp³-hybridized carbons (Fsp3) is 0.368. The summed E-state index contributed by atoms with van der Waals surface area (Å²) < 4.78 is 4.97. The van der Waals surface area contributed by atoms with Crippen molar-refractivity contribution in [2.24, 2.45) is 5.73 Å². The number of ether oxygens (including phenoxy) is 1. The molecule has 2 aromatic carbocycles. The van der Waals surface area contributed by atoms with Crippen LogP contribution in [0.15, 0.2) is 48.5 Å². The van der Waals surface area contributed by atoms with E-state index in [4.69, 9.17) is 22.1 Å². The van der Waals surface area contributed by atoms with Crippen LogP contribution in [0.5, 0.6) is 0 Å². The van der Waals surface area contributed by atoms with E-state index in [-0.39, 0.29) is 12.5 Å². The second-order valence-corrected chi connectivity index (χ2v) is 6.26. The number of hydrogen-bond acceptors (Lipinski definition) is 4. The Morgan fingerprint density at radius 2 is 1.79 bits per heavy atom. The first-order chi connectivity index (χ1) is 11.5. The Morgan fingerprint density at radius 1 is 1.08 bits per heavy atom. The van der Waals surface area contributed by atoms with E-state index in [9.17, 15) is 10.2 Å². The van der Waals surface area contributed by atoms with E-state index in [2.05, 4.69) is 0 Å². The van der Waals surface area contributed by atoms with Crippen LogP contribution in [0.4, 0.5) is 0 Å². The van der Waals surface area contributed by atoms with E-state index in [0.717, 1.165) is 16.7 Å². The zero-order valence-electron chi connectivity index (χ0n) is 13.7. The Bertz CT molecular complexity index is 633. The highest BCUT2D eigenvalue weighted by Crippen LogP contribution is 2.23. The van der Waals surface area contributed by atoms with Crippen molar-refractivity contribution in [3.63, 3.8) is 0 Å². The fourth-order valence-electron chi connectivity index (χ4n) is 2.60. The predicted octanol–water partition coefficient (Wildman–Crippen LogP) is 2.98. The van der Waals surface area contributed by atoms with Gasteiger partial charge in [-0.2, -0.15) is 0 Å². The van der Waals surface area contributed by atoms with Crippen LogP contribution in [0.1, 0.15) is 18.9 Å². The SMILES string of the molecule is CCOC(O)[C@H](O)C[C@H](N)Cc1ccc(-c2cccc(Cl)c2)cc1. The van der Waals surface area contributed by atoms with Crippen LogP contribution in [-0.2, 0) is 11.2 Å². The van der Waals surface area contributed by atoms with Crippen LogP contribution in [0.3, 0.4) is 0 Å². The molecule has 0 heterocycles. The van der Waals surface area contributed by atoms with E-state index in [1.54, 1.807) is 6.92 Å². The summed E-state index contributed by atoms with van der Waals surface area (Å²) in [5.74, 6) is 0. The third-order valence-corrected chi connectivity index (χ3v) is 4.06. The van der Waals surface area contributed by atoms with Gasteiger partial charge in [0.05, 0.1) is 0 Å². The lowest BCUT2D eigenvalue weighted by Gasteiger charge is -2.21. The number of aliphatic hydroxyl groups is 2.